The smallest absolute Gasteiger partial charge is 0.222 e. The van der Waals surface area contributed by atoms with Crippen LogP contribution in [0.25, 0.3) is 0 Å². The van der Waals surface area contributed by atoms with Gasteiger partial charge in [0.2, 0.25) is 5.91 Å². The Labute approximate surface area is 162 Å². The molecule has 0 aromatic heterocycles. The molecule has 1 saturated carbocycles. The van der Waals surface area contributed by atoms with Crippen molar-refractivity contribution in [1.29, 1.82) is 5.41 Å². The van der Waals surface area contributed by atoms with Gasteiger partial charge in [-0.15, -0.1) is 0 Å². The molecule has 1 aliphatic carbocycles. The lowest BCUT2D eigenvalue weighted by Gasteiger charge is -2.29. The van der Waals surface area contributed by atoms with Gasteiger partial charge in [0.1, 0.15) is 11.7 Å². The second-order valence-corrected chi connectivity index (χ2v) is 7.25. The maximum atomic E-state index is 11.2. The molecule has 0 aromatic carbocycles. The Morgan fingerprint density at radius 2 is 1.89 bits per heavy atom. The van der Waals surface area contributed by atoms with E-state index in [2.05, 4.69) is 10.6 Å². The van der Waals surface area contributed by atoms with Crippen LogP contribution in [0.3, 0.4) is 0 Å². The van der Waals surface area contributed by atoms with Crippen LogP contribution in [0.5, 0.6) is 0 Å². The Morgan fingerprint density at radius 1 is 1.26 bits per heavy atom. The van der Waals surface area contributed by atoms with Gasteiger partial charge in [-0.3, -0.25) is 10.2 Å². The molecular formula is C19H36N6O2. The summed E-state index contributed by atoms with van der Waals surface area (Å²) in [5, 5.41) is 13.5. The van der Waals surface area contributed by atoms with Gasteiger partial charge in [-0.1, -0.05) is 19.3 Å². The molecule has 0 heterocycles. The SMILES string of the molecule is CC(=O)NC(=N)C(/C=C(/C)N)=C(/N)NCCC(N)C(C)OC1CCCCC1. The summed E-state index contributed by atoms with van der Waals surface area (Å²) >= 11 is 0. The molecule has 8 nitrogen and oxygen atoms in total. The molecule has 1 rings (SSSR count). The third-order valence-electron chi connectivity index (χ3n) is 4.59. The first-order valence-corrected chi connectivity index (χ1v) is 9.65. The van der Waals surface area contributed by atoms with Crippen LogP contribution in [0.15, 0.2) is 23.2 Å². The average molecular weight is 381 g/mol. The molecule has 2 unspecified atom stereocenters. The lowest BCUT2D eigenvalue weighted by atomic mass is 9.97. The number of ether oxygens (including phenoxy) is 1. The van der Waals surface area contributed by atoms with Crippen molar-refractivity contribution in [2.75, 3.05) is 6.54 Å². The minimum atomic E-state index is -0.343. The van der Waals surface area contributed by atoms with E-state index >= 15 is 0 Å². The summed E-state index contributed by atoms with van der Waals surface area (Å²) in [4.78, 5) is 11.2. The lowest BCUT2D eigenvalue weighted by Crippen LogP contribution is -2.40. The zero-order valence-electron chi connectivity index (χ0n) is 16.8. The summed E-state index contributed by atoms with van der Waals surface area (Å²) in [5.74, 6) is -0.175. The van der Waals surface area contributed by atoms with E-state index in [9.17, 15) is 4.79 Å². The molecule has 1 fully saturated rings. The Bertz CT molecular complexity index is 563. The maximum Gasteiger partial charge on any atom is 0.222 e. The molecule has 1 amide bonds. The standard InChI is InChI=1S/C19H36N6O2/c1-12(20)11-16(19(23)25-14(3)26)18(22)24-10-9-17(21)13(2)27-15-7-5-4-6-8-15/h11,13,15,17,24H,4-10,20-22H2,1-3H3,(H2,23,25,26)/b12-11-,18-16-. The van der Waals surface area contributed by atoms with Gasteiger partial charge in [-0.25, -0.2) is 0 Å². The van der Waals surface area contributed by atoms with E-state index in [-0.39, 0.29) is 29.7 Å². The summed E-state index contributed by atoms with van der Waals surface area (Å²) in [6.07, 6.45) is 8.50. The van der Waals surface area contributed by atoms with Crippen molar-refractivity contribution in [1.82, 2.24) is 10.6 Å². The molecule has 0 aromatic rings. The molecule has 27 heavy (non-hydrogen) atoms. The number of hydrogen-bond acceptors (Lipinski definition) is 7. The third-order valence-corrected chi connectivity index (χ3v) is 4.59. The van der Waals surface area contributed by atoms with Crippen LogP contribution in [-0.2, 0) is 9.53 Å². The average Bonchev–Trinajstić information content (AvgIpc) is 2.59. The third kappa shape index (κ3) is 8.92. The van der Waals surface area contributed by atoms with E-state index in [1.807, 2.05) is 6.92 Å². The summed E-state index contributed by atoms with van der Waals surface area (Å²) < 4.78 is 6.09. The van der Waals surface area contributed by atoms with E-state index in [1.165, 1.54) is 26.2 Å². The van der Waals surface area contributed by atoms with Gasteiger partial charge >= 0.3 is 0 Å². The molecule has 9 N–H and O–H groups in total. The molecule has 0 saturated heterocycles. The second kappa shape index (κ2) is 11.6. The van der Waals surface area contributed by atoms with Crippen molar-refractivity contribution in [2.45, 2.75) is 77.5 Å². The van der Waals surface area contributed by atoms with E-state index in [0.29, 0.717) is 30.3 Å². The summed E-state index contributed by atoms with van der Waals surface area (Å²) in [5.41, 5.74) is 18.8. The number of amides is 1. The number of hydrogen-bond donors (Lipinski definition) is 6. The van der Waals surface area contributed by atoms with Gasteiger partial charge < -0.3 is 32.6 Å². The predicted molar refractivity (Wildman–Crippen MR) is 109 cm³/mol. The number of rotatable bonds is 9. The van der Waals surface area contributed by atoms with Gasteiger partial charge in [-0.05, 0) is 39.2 Å². The first kappa shape index (κ1) is 23.0. The van der Waals surface area contributed by atoms with Crippen LogP contribution in [0.1, 0.15) is 59.3 Å². The largest absolute Gasteiger partial charge is 0.402 e. The van der Waals surface area contributed by atoms with Crippen molar-refractivity contribution in [3.63, 3.8) is 0 Å². The first-order valence-electron chi connectivity index (χ1n) is 9.65. The Hall–Kier alpha value is -2.06. The predicted octanol–water partition coefficient (Wildman–Crippen LogP) is 1.18. The molecule has 2 atom stereocenters. The van der Waals surface area contributed by atoms with Crippen molar-refractivity contribution >= 4 is 11.7 Å². The molecule has 0 spiro atoms. The van der Waals surface area contributed by atoms with Crippen LogP contribution in [0, 0.1) is 5.41 Å². The summed E-state index contributed by atoms with van der Waals surface area (Å²) in [7, 11) is 0. The molecule has 1 aliphatic rings. The van der Waals surface area contributed by atoms with E-state index in [4.69, 9.17) is 27.3 Å². The van der Waals surface area contributed by atoms with Gasteiger partial charge in [0.15, 0.2) is 0 Å². The topological polar surface area (TPSA) is 152 Å². The number of carbonyl (C=O) groups excluding carboxylic acids is 1. The zero-order valence-corrected chi connectivity index (χ0v) is 16.8. The quantitative estimate of drug-likeness (QED) is 0.201. The molecule has 0 bridgehead atoms. The van der Waals surface area contributed by atoms with Crippen molar-refractivity contribution < 1.29 is 9.53 Å². The molecular weight excluding hydrogens is 344 g/mol. The van der Waals surface area contributed by atoms with Crippen LogP contribution >= 0.6 is 0 Å². The van der Waals surface area contributed by atoms with Gasteiger partial charge in [0.05, 0.1) is 17.8 Å². The van der Waals surface area contributed by atoms with E-state index in [1.54, 1.807) is 13.0 Å². The van der Waals surface area contributed by atoms with Crippen molar-refractivity contribution in [3.05, 3.63) is 23.2 Å². The fraction of sp³-hybridized carbons (Fsp3) is 0.684. The van der Waals surface area contributed by atoms with Crippen LogP contribution in [0.2, 0.25) is 0 Å². The monoisotopic (exact) mass is 380 g/mol. The zero-order chi connectivity index (χ0) is 20.4. The Balaban J connectivity index is 2.56. The fourth-order valence-corrected chi connectivity index (χ4v) is 3.06. The molecule has 0 radical (unpaired) electrons. The normalized spacial score (nSPS) is 19.0. The number of carbonyl (C=O) groups is 1. The van der Waals surface area contributed by atoms with E-state index in [0.717, 1.165) is 12.8 Å². The summed E-state index contributed by atoms with van der Waals surface area (Å²) in [6, 6.07) is -0.114. The van der Waals surface area contributed by atoms with Crippen molar-refractivity contribution in [2.24, 2.45) is 17.2 Å². The Kier molecular flexibility index (Phi) is 9.88. The Morgan fingerprint density at radius 3 is 2.44 bits per heavy atom. The number of amidine groups is 1. The minimum absolute atomic E-state index is 0.0246. The number of nitrogens with two attached hydrogens (primary N) is 3. The minimum Gasteiger partial charge on any atom is -0.402 e. The second-order valence-electron chi connectivity index (χ2n) is 7.25. The number of nitrogens with one attached hydrogen (secondary N) is 3. The maximum absolute atomic E-state index is 11.2. The van der Waals surface area contributed by atoms with Crippen LogP contribution in [-0.4, -0.2) is 36.5 Å². The van der Waals surface area contributed by atoms with Crippen LogP contribution in [0.4, 0.5) is 0 Å². The molecule has 154 valence electrons. The van der Waals surface area contributed by atoms with Crippen molar-refractivity contribution in [3.8, 4) is 0 Å². The highest BCUT2D eigenvalue weighted by atomic mass is 16.5. The molecule has 8 heteroatoms. The number of allylic oxidation sites excluding steroid dienone is 1. The lowest BCUT2D eigenvalue weighted by molar-refractivity contribution is -0.117. The van der Waals surface area contributed by atoms with Gasteiger partial charge in [0, 0.05) is 25.2 Å². The summed E-state index contributed by atoms with van der Waals surface area (Å²) in [6.45, 7) is 5.56. The highest BCUT2D eigenvalue weighted by Gasteiger charge is 2.20. The van der Waals surface area contributed by atoms with Gasteiger partial charge in [0.25, 0.3) is 0 Å². The van der Waals surface area contributed by atoms with Gasteiger partial charge in [-0.2, -0.15) is 0 Å². The highest BCUT2D eigenvalue weighted by molar-refractivity contribution is 6.07. The molecule has 0 aliphatic heterocycles. The highest BCUT2D eigenvalue weighted by Crippen LogP contribution is 2.22. The van der Waals surface area contributed by atoms with Crippen LogP contribution < -0.4 is 27.8 Å². The fourth-order valence-electron chi connectivity index (χ4n) is 3.06. The first-order chi connectivity index (χ1) is 12.7. The van der Waals surface area contributed by atoms with E-state index < -0.39 is 0 Å².